The number of hydrogen-bond acceptors (Lipinski definition) is 5. The van der Waals surface area contributed by atoms with E-state index >= 15 is 0 Å². The fourth-order valence-corrected chi connectivity index (χ4v) is 5.19. The molecular formula is C25H25N3O2S. The molecule has 31 heavy (non-hydrogen) atoms. The van der Waals surface area contributed by atoms with Crippen molar-refractivity contribution in [3.8, 4) is 5.75 Å². The first-order chi connectivity index (χ1) is 15.0. The van der Waals surface area contributed by atoms with Gasteiger partial charge in [-0.25, -0.2) is 4.98 Å². The first kappa shape index (κ1) is 19.8. The Morgan fingerprint density at radius 2 is 1.77 bits per heavy atom. The number of hydrogen-bond donors (Lipinski definition) is 0. The van der Waals surface area contributed by atoms with Crippen molar-refractivity contribution >= 4 is 44.1 Å². The maximum atomic E-state index is 13.2. The summed E-state index contributed by atoms with van der Waals surface area (Å²) in [6.45, 7) is 7.43. The molecule has 0 atom stereocenters. The highest BCUT2D eigenvalue weighted by Gasteiger charge is 2.24. The highest BCUT2D eigenvalue weighted by molar-refractivity contribution is 7.20. The van der Waals surface area contributed by atoms with Crippen molar-refractivity contribution in [2.45, 2.75) is 13.8 Å². The van der Waals surface area contributed by atoms with Gasteiger partial charge in [-0.05, 0) is 55.3 Å². The van der Waals surface area contributed by atoms with Gasteiger partial charge >= 0.3 is 0 Å². The molecule has 2 aromatic heterocycles. The van der Waals surface area contributed by atoms with Crippen LogP contribution in [0.25, 0.3) is 21.1 Å². The van der Waals surface area contributed by atoms with Gasteiger partial charge in [0.15, 0.2) is 0 Å². The van der Waals surface area contributed by atoms with Crippen LogP contribution in [0.2, 0.25) is 0 Å². The standard InChI is InChI=1S/C25H25N3O2S/c1-16-4-5-17(2)22(12-16)27-8-10-28(11-9-27)25(29)23-14-19-13-18-6-7-20(30-3)15-21(18)26-24(19)31-23/h4-7,12-15H,8-11H2,1-3H3. The molecule has 0 spiro atoms. The molecule has 0 N–H and O–H groups in total. The normalized spacial score (nSPS) is 14.4. The summed E-state index contributed by atoms with van der Waals surface area (Å²) in [5.74, 6) is 0.888. The fraction of sp³-hybridized carbons (Fsp3) is 0.280. The van der Waals surface area contributed by atoms with Crippen LogP contribution in [0.15, 0.2) is 48.5 Å². The van der Waals surface area contributed by atoms with Gasteiger partial charge in [0, 0.05) is 48.7 Å². The summed E-state index contributed by atoms with van der Waals surface area (Å²) in [4.78, 5) is 24.0. The Balaban J connectivity index is 1.35. The minimum absolute atomic E-state index is 0.102. The average molecular weight is 432 g/mol. The highest BCUT2D eigenvalue weighted by Crippen LogP contribution is 2.30. The van der Waals surface area contributed by atoms with Crippen LogP contribution in [0, 0.1) is 13.8 Å². The molecule has 4 aromatic rings. The minimum atomic E-state index is 0.102. The van der Waals surface area contributed by atoms with Gasteiger partial charge in [-0.2, -0.15) is 0 Å². The molecule has 158 valence electrons. The van der Waals surface area contributed by atoms with Gasteiger partial charge in [0.25, 0.3) is 5.91 Å². The summed E-state index contributed by atoms with van der Waals surface area (Å²) in [6, 6.07) is 16.5. The van der Waals surface area contributed by atoms with Gasteiger partial charge in [0.05, 0.1) is 17.5 Å². The van der Waals surface area contributed by atoms with E-state index in [0.717, 1.165) is 57.9 Å². The molecule has 2 aromatic carbocycles. The number of methoxy groups -OCH3 is 1. The zero-order valence-corrected chi connectivity index (χ0v) is 18.8. The molecule has 0 unspecified atom stereocenters. The van der Waals surface area contributed by atoms with Crippen LogP contribution in [0.1, 0.15) is 20.8 Å². The van der Waals surface area contributed by atoms with Crippen molar-refractivity contribution in [2.24, 2.45) is 0 Å². The van der Waals surface area contributed by atoms with Crippen molar-refractivity contribution in [2.75, 3.05) is 38.2 Å². The van der Waals surface area contributed by atoms with Gasteiger partial charge in [-0.1, -0.05) is 12.1 Å². The molecular weight excluding hydrogens is 406 g/mol. The SMILES string of the molecule is COc1ccc2cc3cc(C(=O)N4CCN(c5cc(C)ccc5C)CC4)sc3nc2c1. The van der Waals surface area contributed by atoms with Crippen LogP contribution in [-0.2, 0) is 0 Å². The Morgan fingerprint density at radius 1 is 0.968 bits per heavy atom. The predicted octanol–water partition coefficient (Wildman–Crippen LogP) is 5.04. The number of nitrogens with zero attached hydrogens (tertiary/aromatic N) is 3. The molecule has 1 aliphatic rings. The number of aromatic nitrogens is 1. The predicted molar refractivity (Wildman–Crippen MR) is 128 cm³/mol. The van der Waals surface area contributed by atoms with Gasteiger partial charge < -0.3 is 14.5 Å². The van der Waals surface area contributed by atoms with E-state index in [9.17, 15) is 4.79 Å². The quantitative estimate of drug-likeness (QED) is 0.456. The Kier molecular flexibility index (Phi) is 5.02. The zero-order chi connectivity index (χ0) is 21.5. The lowest BCUT2D eigenvalue weighted by Crippen LogP contribution is -2.48. The molecule has 3 heterocycles. The lowest BCUT2D eigenvalue weighted by atomic mass is 10.1. The average Bonchev–Trinajstić information content (AvgIpc) is 3.21. The summed E-state index contributed by atoms with van der Waals surface area (Å²) in [5.41, 5.74) is 4.71. The highest BCUT2D eigenvalue weighted by atomic mass is 32.1. The molecule has 1 aliphatic heterocycles. The molecule has 0 radical (unpaired) electrons. The van der Waals surface area contributed by atoms with Crippen LogP contribution in [0.4, 0.5) is 5.69 Å². The van der Waals surface area contributed by atoms with Crippen LogP contribution in [-0.4, -0.2) is 49.1 Å². The monoisotopic (exact) mass is 431 g/mol. The van der Waals surface area contributed by atoms with Gasteiger partial charge in [0.2, 0.25) is 0 Å². The molecule has 0 bridgehead atoms. The first-order valence-corrected chi connectivity index (χ1v) is 11.3. The van der Waals surface area contributed by atoms with Crippen molar-refractivity contribution in [3.05, 3.63) is 64.5 Å². The second kappa shape index (κ2) is 7.85. The van der Waals surface area contributed by atoms with E-state index in [0.29, 0.717) is 0 Å². The van der Waals surface area contributed by atoms with Crippen LogP contribution >= 0.6 is 11.3 Å². The summed E-state index contributed by atoms with van der Waals surface area (Å²) in [7, 11) is 1.65. The molecule has 0 saturated carbocycles. The number of carbonyl (C=O) groups is 1. The Morgan fingerprint density at radius 3 is 2.55 bits per heavy atom. The summed E-state index contributed by atoms with van der Waals surface area (Å²) < 4.78 is 5.31. The van der Waals surface area contributed by atoms with Crippen molar-refractivity contribution < 1.29 is 9.53 Å². The minimum Gasteiger partial charge on any atom is -0.497 e. The number of aryl methyl sites for hydroxylation is 2. The van der Waals surface area contributed by atoms with E-state index in [4.69, 9.17) is 9.72 Å². The van der Waals surface area contributed by atoms with Crippen LogP contribution in [0.5, 0.6) is 5.75 Å². The number of anilines is 1. The molecule has 1 fully saturated rings. The molecule has 5 nitrogen and oxygen atoms in total. The number of amides is 1. The van der Waals surface area contributed by atoms with E-state index in [2.05, 4.69) is 43.0 Å². The third-order valence-corrected chi connectivity index (χ3v) is 7.03. The maximum Gasteiger partial charge on any atom is 0.264 e. The molecule has 1 saturated heterocycles. The lowest BCUT2D eigenvalue weighted by molar-refractivity contribution is 0.0751. The number of ether oxygens (including phenoxy) is 1. The van der Waals surface area contributed by atoms with Crippen molar-refractivity contribution in [1.82, 2.24) is 9.88 Å². The number of thiophene rings is 1. The number of fused-ring (bicyclic) bond motifs is 2. The zero-order valence-electron chi connectivity index (χ0n) is 18.0. The van der Waals surface area contributed by atoms with Crippen LogP contribution < -0.4 is 9.64 Å². The third-order valence-electron chi connectivity index (χ3n) is 5.99. The fourth-order valence-electron chi connectivity index (χ4n) is 4.20. The Bertz CT molecular complexity index is 1290. The maximum absolute atomic E-state index is 13.2. The largest absolute Gasteiger partial charge is 0.497 e. The van der Waals surface area contributed by atoms with E-state index in [-0.39, 0.29) is 5.91 Å². The lowest BCUT2D eigenvalue weighted by Gasteiger charge is -2.36. The van der Waals surface area contributed by atoms with Crippen molar-refractivity contribution in [1.29, 1.82) is 0 Å². The first-order valence-electron chi connectivity index (χ1n) is 10.5. The number of rotatable bonds is 3. The van der Waals surface area contributed by atoms with Gasteiger partial charge in [-0.15, -0.1) is 11.3 Å². The number of carbonyl (C=O) groups excluding carboxylic acids is 1. The van der Waals surface area contributed by atoms with E-state index in [1.165, 1.54) is 28.2 Å². The smallest absolute Gasteiger partial charge is 0.264 e. The number of benzene rings is 2. The topological polar surface area (TPSA) is 45.7 Å². The summed E-state index contributed by atoms with van der Waals surface area (Å²) in [5, 5.41) is 2.06. The third kappa shape index (κ3) is 3.72. The van der Waals surface area contributed by atoms with Gasteiger partial charge in [0.1, 0.15) is 10.6 Å². The molecule has 5 rings (SSSR count). The Labute approximate surface area is 185 Å². The van der Waals surface area contributed by atoms with E-state index < -0.39 is 0 Å². The molecule has 6 heteroatoms. The molecule has 0 aliphatic carbocycles. The second-order valence-corrected chi connectivity index (χ2v) is 9.15. The number of pyridine rings is 1. The summed E-state index contributed by atoms with van der Waals surface area (Å²) in [6.07, 6.45) is 0. The Hall–Kier alpha value is -3.12. The molecule has 1 amide bonds. The second-order valence-electron chi connectivity index (χ2n) is 8.12. The summed E-state index contributed by atoms with van der Waals surface area (Å²) >= 11 is 1.47. The number of piperazine rings is 1. The van der Waals surface area contributed by atoms with E-state index in [1.54, 1.807) is 7.11 Å². The van der Waals surface area contributed by atoms with E-state index in [1.807, 2.05) is 29.2 Å². The van der Waals surface area contributed by atoms with Crippen LogP contribution in [0.3, 0.4) is 0 Å². The van der Waals surface area contributed by atoms with Crippen molar-refractivity contribution in [3.63, 3.8) is 0 Å². The van der Waals surface area contributed by atoms with Gasteiger partial charge in [-0.3, -0.25) is 4.79 Å².